The van der Waals surface area contributed by atoms with Gasteiger partial charge in [0.1, 0.15) is 0 Å². The van der Waals surface area contributed by atoms with Crippen molar-refractivity contribution >= 4 is 0 Å². The van der Waals surface area contributed by atoms with E-state index in [-0.39, 0.29) is 6.10 Å². The van der Waals surface area contributed by atoms with Crippen LogP contribution in [0.25, 0.3) is 0 Å². The quantitative estimate of drug-likeness (QED) is 0.735. The Labute approximate surface area is 125 Å². The molecule has 0 aromatic rings. The first kappa shape index (κ1) is 16.3. The fraction of sp³-hybridized carbons (Fsp3) is 1.00. The van der Waals surface area contributed by atoms with Crippen molar-refractivity contribution in [3.05, 3.63) is 0 Å². The minimum Gasteiger partial charge on any atom is -0.392 e. The third-order valence-corrected chi connectivity index (χ3v) is 5.40. The number of piperidine rings is 1. The van der Waals surface area contributed by atoms with E-state index in [9.17, 15) is 5.11 Å². The lowest BCUT2D eigenvalue weighted by Gasteiger charge is -2.44. The van der Waals surface area contributed by atoms with Gasteiger partial charge in [-0.3, -0.25) is 0 Å². The molecule has 2 rings (SSSR count). The van der Waals surface area contributed by atoms with E-state index in [2.05, 4.69) is 24.1 Å². The van der Waals surface area contributed by atoms with E-state index in [0.717, 1.165) is 19.5 Å². The zero-order chi connectivity index (χ0) is 14.4. The molecule has 1 heterocycles. The van der Waals surface area contributed by atoms with Crippen LogP contribution in [-0.4, -0.2) is 48.8 Å². The molecule has 0 bridgehead atoms. The Hall–Kier alpha value is -0.120. The zero-order valence-electron chi connectivity index (χ0n) is 13.5. The molecule has 3 heteroatoms. The highest BCUT2D eigenvalue weighted by molar-refractivity contribution is 4.90. The molecule has 2 atom stereocenters. The van der Waals surface area contributed by atoms with Gasteiger partial charge >= 0.3 is 0 Å². The van der Waals surface area contributed by atoms with E-state index in [1.165, 1.54) is 58.2 Å². The van der Waals surface area contributed by atoms with E-state index in [0.29, 0.717) is 11.3 Å². The summed E-state index contributed by atoms with van der Waals surface area (Å²) in [4.78, 5) is 2.53. The topological polar surface area (TPSA) is 35.5 Å². The lowest BCUT2D eigenvalue weighted by Crippen LogP contribution is -2.50. The average molecular weight is 282 g/mol. The summed E-state index contributed by atoms with van der Waals surface area (Å²) in [6.07, 6.45) is 9.18. The van der Waals surface area contributed by atoms with Crippen LogP contribution in [0.2, 0.25) is 0 Å². The second-order valence-electron chi connectivity index (χ2n) is 7.31. The minimum atomic E-state index is -0.118. The fourth-order valence-corrected chi connectivity index (χ4v) is 3.96. The highest BCUT2D eigenvalue weighted by Gasteiger charge is 2.35. The maximum atomic E-state index is 10.1. The van der Waals surface area contributed by atoms with Crippen LogP contribution >= 0.6 is 0 Å². The van der Waals surface area contributed by atoms with Crippen LogP contribution in [0.3, 0.4) is 0 Å². The number of aliphatic hydroxyl groups is 1. The average Bonchev–Trinajstić information content (AvgIpc) is 2.44. The van der Waals surface area contributed by atoms with Crippen molar-refractivity contribution < 1.29 is 5.11 Å². The molecule has 1 aliphatic carbocycles. The van der Waals surface area contributed by atoms with Crippen LogP contribution in [0.5, 0.6) is 0 Å². The normalized spacial score (nSPS) is 31.4. The first-order valence-corrected chi connectivity index (χ1v) is 8.76. The van der Waals surface area contributed by atoms with Gasteiger partial charge in [-0.1, -0.05) is 33.1 Å². The van der Waals surface area contributed by atoms with Gasteiger partial charge in [-0.05, 0) is 50.1 Å². The number of hydrogen-bond donors (Lipinski definition) is 2. The highest BCUT2D eigenvalue weighted by Crippen LogP contribution is 2.37. The molecule has 20 heavy (non-hydrogen) atoms. The number of likely N-dealkylation sites (tertiary alicyclic amines) is 1. The van der Waals surface area contributed by atoms with Crippen molar-refractivity contribution in [1.29, 1.82) is 0 Å². The molecule has 118 valence electrons. The molecule has 0 amide bonds. The number of β-amino-alcohol motifs (C(OH)–C–C–N with tert-alkyl or cyclic N) is 1. The van der Waals surface area contributed by atoms with Gasteiger partial charge in [-0.15, -0.1) is 0 Å². The summed E-state index contributed by atoms with van der Waals surface area (Å²) in [6, 6.07) is 0. The Morgan fingerprint density at radius 3 is 2.65 bits per heavy atom. The molecule has 2 fully saturated rings. The standard InChI is InChI=1S/C17H34N2O/c1-3-10-18-13-17(8-5-4-6-9-17)14-19-11-7-15(2)16(20)12-19/h15-16,18,20H,3-14H2,1-2H3. The Morgan fingerprint density at radius 1 is 1.25 bits per heavy atom. The van der Waals surface area contributed by atoms with Crippen molar-refractivity contribution in [1.82, 2.24) is 10.2 Å². The zero-order valence-corrected chi connectivity index (χ0v) is 13.5. The molecule has 2 unspecified atom stereocenters. The van der Waals surface area contributed by atoms with Gasteiger partial charge in [-0.2, -0.15) is 0 Å². The first-order valence-electron chi connectivity index (χ1n) is 8.76. The van der Waals surface area contributed by atoms with Gasteiger partial charge in [0, 0.05) is 19.6 Å². The number of nitrogens with one attached hydrogen (secondary N) is 1. The largest absolute Gasteiger partial charge is 0.392 e. The van der Waals surface area contributed by atoms with Gasteiger partial charge in [0.05, 0.1) is 6.10 Å². The van der Waals surface area contributed by atoms with Crippen LogP contribution in [0, 0.1) is 11.3 Å². The van der Waals surface area contributed by atoms with Gasteiger partial charge in [0.2, 0.25) is 0 Å². The number of rotatable bonds is 6. The SMILES string of the molecule is CCCNCC1(CN2CCC(C)C(O)C2)CCCCC1. The summed E-state index contributed by atoms with van der Waals surface area (Å²) in [5.74, 6) is 0.478. The van der Waals surface area contributed by atoms with Crippen molar-refractivity contribution in [2.75, 3.05) is 32.7 Å². The second kappa shape index (κ2) is 7.77. The van der Waals surface area contributed by atoms with E-state index in [1.54, 1.807) is 0 Å². The van der Waals surface area contributed by atoms with Gasteiger partial charge in [0.15, 0.2) is 0 Å². The maximum Gasteiger partial charge on any atom is 0.0693 e. The molecule has 1 saturated heterocycles. The van der Waals surface area contributed by atoms with Crippen LogP contribution < -0.4 is 5.32 Å². The number of aliphatic hydroxyl groups excluding tert-OH is 1. The van der Waals surface area contributed by atoms with Gasteiger partial charge in [0.25, 0.3) is 0 Å². The van der Waals surface area contributed by atoms with E-state index < -0.39 is 0 Å². The van der Waals surface area contributed by atoms with E-state index >= 15 is 0 Å². The molecule has 3 nitrogen and oxygen atoms in total. The van der Waals surface area contributed by atoms with Gasteiger partial charge in [-0.25, -0.2) is 0 Å². The Balaban J connectivity index is 1.89. The highest BCUT2D eigenvalue weighted by atomic mass is 16.3. The van der Waals surface area contributed by atoms with Crippen molar-refractivity contribution in [2.24, 2.45) is 11.3 Å². The summed E-state index contributed by atoms with van der Waals surface area (Å²) >= 11 is 0. The molecular formula is C17H34N2O. The smallest absolute Gasteiger partial charge is 0.0693 e. The molecule has 1 saturated carbocycles. The predicted molar refractivity (Wildman–Crippen MR) is 84.9 cm³/mol. The molecule has 2 aliphatic rings. The molecular weight excluding hydrogens is 248 g/mol. The molecule has 0 spiro atoms. The summed E-state index contributed by atoms with van der Waals surface area (Å²) < 4.78 is 0. The number of nitrogens with zero attached hydrogens (tertiary/aromatic N) is 1. The Bertz CT molecular complexity index is 276. The van der Waals surface area contributed by atoms with Crippen molar-refractivity contribution in [3.63, 3.8) is 0 Å². The summed E-state index contributed by atoms with van der Waals surface area (Å²) in [5.41, 5.74) is 0.466. The lowest BCUT2D eigenvalue weighted by molar-refractivity contribution is 0.00205. The van der Waals surface area contributed by atoms with Crippen molar-refractivity contribution in [2.45, 2.75) is 64.9 Å². The summed E-state index contributed by atoms with van der Waals surface area (Å²) in [6.45, 7) is 9.98. The van der Waals surface area contributed by atoms with Crippen molar-refractivity contribution in [3.8, 4) is 0 Å². The Kier molecular flexibility index (Phi) is 6.31. The Morgan fingerprint density at radius 2 is 2.00 bits per heavy atom. The number of hydrogen-bond acceptors (Lipinski definition) is 3. The first-order chi connectivity index (χ1) is 9.65. The minimum absolute atomic E-state index is 0.118. The summed E-state index contributed by atoms with van der Waals surface area (Å²) in [7, 11) is 0. The molecule has 0 aromatic heterocycles. The van der Waals surface area contributed by atoms with Crippen LogP contribution in [0.1, 0.15) is 58.8 Å². The third-order valence-electron chi connectivity index (χ3n) is 5.40. The molecule has 2 N–H and O–H groups in total. The lowest BCUT2D eigenvalue weighted by atomic mass is 9.73. The fourth-order valence-electron chi connectivity index (χ4n) is 3.96. The van der Waals surface area contributed by atoms with Gasteiger partial charge < -0.3 is 15.3 Å². The second-order valence-corrected chi connectivity index (χ2v) is 7.31. The summed E-state index contributed by atoms with van der Waals surface area (Å²) in [5, 5.41) is 13.8. The molecule has 0 radical (unpaired) electrons. The maximum absolute atomic E-state index is 10.1. The van der Waals surface area contributed by atoms with Crippen LogP contribution in [0.15, 0.2) is 0 Å². The van der Waals surface area contributed by atoms with E-state index in [4.69, 9.17) is 0 Å². The van der Waals surface area contributed by atoms with E-state index in [1.807, 2.05) is 0 Å². The third kappa shape index (κ3) is 4.44. The molecule has 1 aliphatic heterocycles. The molecule has 0 aromatic carbocycles. The predicted octanol–water partition coefficient (Wildman–Crippen LogP) is 2.64. The monoisotopic (exact) mass is 282 g/mol. The van der Waals surface area contributed by atoms with Crippen LogP contribution in [-0.2, 0) is 0 Å². The van der Waals surface area contributed by atoms with Crippen LogP contribution in [0.4, 0.5) is 0 Å².